The van der Waals surface area contributed by atoms with Gasteiger partial charge in [-0.25, -0.2) is 4.79 Å². The Bertz CT molecular complexity index is 1560. The Hall–Kier alpha value is -3.77. The highest BCUT2D eigenvalue weighted by atomic mass is 19.4. The highest BCUT2D eigenvalue weighted by Gasteiger charge is 2.55. The van der Waals surface area contributed by atoms with Gasteiger partial charge < -0.3 is 19.5 Å². The molecule has 0 bridgehead atoms. The average molecular weight is 693 g/mol. The van der Waals surface area contributed by atoms with Gasteiger partial charge in [0.25, 0.3) is 0 Å². The quantitative estimate of drug-likeness (QED) is 0.113. The summed E-state index contributed by atoms with van der Waals surface area (Å²) in [6, 6.07) is 17.2. The lowest BCUT2D eigenvalue weighted by atomic mass is 9.87. The van der Waals surface area contributed by atoms with E-state index in [-0.39, 0.29) is 48.1 Å². The van der Waals surface area contributed by atoms with Crippen molar-refractivity contribution < 1.29 is 45.3 Å². The number of piperidine rings is 1. The standard InChI is InChI=1S/C37H42F6N2O4/c1-5-47-34(46)32(49-28-14-10-25(11-15-28)35(2,3)4)18-23-6-12-27(13-7-23)48-17-16-44-33-29-21-45(22-30(29)33)20-24-8-9-26(36(38,39)40)19-31(24)37(41,42)43/h6-15,19,29-30,32-33,44H,5,16-18,20-22H2,1-4H3/t29-,30?,32+,33+/m1/s1. The molecule has 5 rings (SSSR count). The molecule has 1 aliphatic heterocycles. The van der Waals surface area contributed by atoms with Crippen molar-refractivity contribution >= 4 is 5.97 Å². The molecule has 1 aliphatic carbocycles. The predicted octanol–water partition coefficient (Wildman–Crippen LogP) is 7.67. The Balaban J connectivity index is 1.05. The first-order valence-electron chi connectivity index (χ1n) is 16.4. The predicted molar refractivity (Wildman–Crippen MR) is 172 cm³/mol. The fraction of sp³-hybridized carbons (Fsp3) is 0.486. The van der Waals surface area contributed by atoms with Crippen LogP contribution in [0, 0.1) is 11.8 Å². The van der Waals surface area contributed by atoms with Crippen LogP contribution in [0.1, 0.15) is 55.5 Å². The zero-order chi connectivity index (χ0) is 35.6. The first kappa shape index (κ1) is 36.5. The second-order valence-corrected chi connectivity index (χ2v) is 13.7. The molecule has 3 aromatic carbocycles. The van der Waals surface area contributed by atoms with Gasteiger partial charge in [0.1, 0.15) is 18.1 Å². The summed E-state index contributed by atoms with van der Waals surface area (Å²) in [6.45, 7) is 10.4. The topological polar surface area (TPSA) is 60.0 Å². The summed E-state index contributed by atoms with van der Waals surface area (Å²) in [5.74, 6) is 1.35. The number of benzene rings is 3. The number of hydrogen-bond donors (Lipinski definition) is 1. The number of esters is 1. The maximum atomic E-state index is 13.5. The second-order valence-electron chi connectivity index (χ2n) is 13.7. The number of rotatable bonds is 13. The van der Waals surface area contributed by atoms with Gasteiger partial charge in [0.05, 0.1) is 17.7 Å². The number of carbonyl (C=O) groups excluding carboxylic acids is 1. The van der Waals surface area contributed by atoms with E-state index in [0.29, 0.717) is 50.2 Å². The van der Waals surface area contributed by atoms with E-state index in [1.807, 2.05) is 53.4 Å². The molecule has 0 aromatic heterocycles. The van der Waals surface area contributed by atoms with E-state index in [4.69, 9.17) is 14.2 Å². The van der Waals surface area contributed by atoms with Crippen LogP contribution in [0.3, 0.4) is 0 Å². The van der Waals surface area contributed by atoms with Crippen LogP contribution < -0.4 is 14.8 Å². The van der Waals surface area contributed by atoms with Gasteiger partial charge in [-0.1, -0.05) is 51.1 Å². The molecule has 1 saturated heterocycles. The van der Waals surface area contributed by atoms with Crippen LogP contribution in [0.15, 0.2) is 66.7 Å². The molecule has 1 unspecified atom stereocenters. The molecule has 1 N–H and O–H groups in total. The highest BCUT2D eigenvalue weighted by Crippen LogP contribution is 2.46. The summed E-state index contributed by atoms with van der Waals surface area (Å²) >= 11 is 0. The van der Waals surface area contributed by atoms with Gasteiger partial charge in [0.15, 0.2) is 6.10 Å². The zero-order valence-electron chi connectivity index (χ0n) is 28.0. The normalized spacial score (nSPS) is 20.1. The lowest BCUT2D eigenvalue weighted by Gasteiger charge is -2.23. The minimum absolute atomic E-state index is 0.00299. The summed E-state index contributed by atoms with van der Waals surface area (Å²) in [6.07, 6.45) is -10.2. The number of nitrogens with zero attached hydrogens (tertiary/aromatic N) is 1. The number of halogens is 6. The Morgan fingerprint density at radius 2 is 1.47 bits per heavy atom. The minimum Gasteiger partial charge on any atom is -0.492 e. The maximum absolute atomic E-state index is 13.5. The van der Waals surface area contributed by atoms with Crippen molar-refractivity contribution in [1.29, 1.82) is 0 Å². The van der Waals surface area contributed by atoms with Gasteiger partial charge in [-0.05, 0) is 77.3 Å². The smallest absolute Gasteiger partial charge is 0.416 e. The van der Waals surface area contributed by atoms with Crippen LogP contribution in [-0.4, -0.2) is 55.9 Å². The fourth-order valence-corrected chi connectivity index (χ4v) is 6.38. The van der Waals surface area contributed by atoms with E-state index in [1.165, 1.54) is 0 Å². The Morgan fingerprint density at radius 3 is 2.04 bits per heavy atom. The molecule has 12 heteroatoms. The molecule has 1 saturated carbocycles. The maximum Gasteiger partial charge on any atom is 0.416 e. The van der Waals surface area contributed by atoms with Crippen molar-refractivity contribution in [3.8, 4) is 11.5 Å². The Kier molecular flexibility index (Phi) is 10.9. The lowest BCUT2D eigenvalue weighted by Crippen LogP contribution is -2.33. The summed E-state index contributed by atoms with van der Waals surface area (Å²) in [4.78, 5) is 14.6. The Morgan fingerprint density at radius 1 is 0.857 bits per heavy atom. The summed E-state index contributed by atoms with van der Waals surface area (Å²) in [5.41, 5.74) is -0.662. The van der Waals surface area contributed by atoms with Crippen molar-refractivity contribution in [2.45, 2.75) is 70.6 Å². The monoisotopic (exact) mass is 692 g/mol. The third-order valence-corrected chi connectivity index (χ3v) is 9.05. The molecule has 0 radical (unpaired) electrons. The lowest BCUT2D eigenvalue weighted by molar-refractivity contribution is -0.151. The number of nitrogens with one attached hydrogen (secondary N) is 1. The van der Waals surface area contributed by atoms with Crippen LogP contribution in [-0.2, 0) is 40.3 Å². The Labute approximate surface area is 282 Å². The largest absolute Gasteiger partial charge is 0.492 e. The number of ether oxygens (including phenoxy) is 3. The van der Waals surface area contributed by atoms with E-state index in [0.717, 1.165) is 17.2 Å². The summed E-state index contributed by atoms with van der Waals surface area (Å²) in [7, 11) is 0. The van der Waals surface area contributed by atoms with Crippen LogP contribution in [0.25, 0.3) is 0 Å². The third-order valence-electron chi connectivity index (χ3n) is 9.05. The van der Waals surface area contributed by atoms with Gasteiger partial charge >= 0.3 is 18.3 Å². The average Bonchev–Trinajstić information content (AvgIpc) is 3.47. The van der Waals surface area contributed by atoms with E-state index >= 15 is 0 Å². The SMILES string of the molecule is CCOC(=O)[C@H](Cc1ccc(OCCN[C@@H]2C3CN(Cc4ccc(C(F)(F)F)cc4C(F)(F)F)C[C@H]32)cc1)Oc1ccc(C(C)(C)C)cc1. The summed E-state index contributed by atoms with van der Waals surface area (Å²) in [5, 5.41) is 3.45. The van der Waals surface area contributed by atoms with Crippen LogP contribution in [0.2, 0.25) is 0 Å². The van der Waals surface area contributed by atoms with Crippen LogP contribution in [0.5, 0.6) is 11.5 Å². The second kappa shape index (κ2) is 14.6. The molecule has 2 aliphatic rings. The van der Waals surface area contributed by atoms with Gasteiger partial charge in [0, 0.05) is 38.6 Å². The first-order chi connectivity index (χ1) is 23.0. The number of carbonyl (C=O) groups is 1. The van der Waals surface area contributed by atoms with Gasteiger partial charge in [-0.15, -0.1) is 0 Å². The molecule has 0 amide bonds. The molecule has 3 aromatic rings. The van der Waals surface area contributed by atoms with Crippen molar-refractivity contribution in [3.05, 3.63) is 94.5 Å². The van der Waals surface area contributed by atoms with Crippen molar-refractivity contribution in [2.75, 3.05) is 32.8 Å². The minimum atomic E-state index is -4.87. The third kappa shape index (κ3) is 9.48. The van der Waals surface area contributed by atoms with Gasteiger partial charge in [-0.3, -0.25) is 4.90 Å². The van der Waals surface area contributed by atoms with Crippen molar-refractivity contribution in [1.82, 2.24) is 10.2 Å². The van der Waals surface area contributed by atoms with E-state index < -0.39 is 35.6 Å². The van der Waals surface area contributed by atoms with Gasteiger partial charge in [-0.2, -0.15) is 26.3 Å². The van der Waals surface area contributed by atoms with E-state index in [1.54, 1.807) is 6.92 Å². The number of alkyl halides is 6. The molecule has 49 heavy (non-hydrogen) atoms. The first-order valence-corrected chi connectivity index (χ1v) is 16.4. The fourth-order valence-electron chi connectivity index (χ4n) is 6.38. The van der Waals surface area contributed by atoms with Gasteiger partial charge in [0.2, 0.25) is 0 Å². The molecule has 6 nitrogen and oxygen atoms in total. The van der Waals surface area contributed by atoms with Crippen LogP contribution in [0.4, 0.5) is 26.3 Å². The van der Waals surface area contributed by atoms with E-state index in [2.05, 4.69) is 26.1 Å². The molecule has 266 valence electrons. The number of likely N-dealkylation sites (tertiary alicyclic amines) is 1. The highest BCUT2D eigenvalue weighted by molar-refractivity contribution is 5.75. The van der Waals surface area contributed by atoms with Crippen LogP contribution >= 0.6 is 0 Å². The van der Waals surface area contributed by atoms with Crippen molar-refractivity contribution in [2.24, 2.45) is 11.8 Å². The number of hydrogen-bond acceptors (Lipinski definition) is 6. The molecule has 1 heterocycles. The van der Waals surface area contributed by atoms with E-state index in [9.17, 15) is 31.1 Å². The molecule has 2 fully saturated rings. The molecular formula is C37H42F6N2O4. The number of fused-ring (bicyclic) bond motifs is 1. The molecule has 4 atom stereocenters. The molecular weight excluding hydrogens is 650 g/mol. The summed E-state index contributed by atoms with van der Waals surface area (Å²) < 4.78 is 96.8. The molecule has 0 spiro atoms. The van der Waals surface area contributed by atoms with Crippen molar-refractivity contribution in [3.63, 3.8) is 0 Å². The zero-order valence-corrected chi connectivity index (χ0v) is 28.0.